The predicted octanol–water partition coefficient (Wildman–Crippen LogP) is 4.64. The normalized spacial score (nSPS) is 21.5. The van der Waals surface area contributed by atoms with Crippen molar-refractivity contribution >= 4 is 28.3 Å². The van der Waals surface area contributed by atoms with E-state index in [1.54, 1.807) is 0 Å². The molecule has 3 aliphatic rings. The van der Waals surface area contributed by atoms with Gasteiger partial charge in [0.05, 0.1) is 18.9 Å². The summed E-state index contributed by atoms with van der Waals surface area (Å²) < 4.78 is 5.45. The number of hydrogen-bond acceptors (Lipinski definition) is 6. The highest BCUT2D eigenvalue weighted by atomic mass is 32.1. The summed E-state index contributed by atoms with van der Waals surface area (Å²) in [6, 6.07) is 9.83. The summed E-state index contributed by atoms with van der Waals surface area (Å²) in [4.78, 5) is 33.2. The SMILES string of the molecule is O=C(CCC1=CC2CC2C=CC1)Nc1nc(CN2CCOCC2)c(C(=O)NCc2ccccc2)s1.[HH].[HH]. The summed E-state index contributed by atoms with van der Waals surface area (Å²) in [5.74, 6) is 1.16. The number of fused-ring (bicyclic) bond motifs is 1. The number of benzene rings is 1. The molecule has 7 nitrogen and oxygen atoms in total. The minimum atomic E-state index is -0.163. The summed E-state index contributed by atoms with van der Waals surface area (Å²) >= 11 is 1.25. The van der Waals surface area contributed by atoms with E-state index < -0.39 is 0 Å². The predicted molar refractivity (Wildman–Crippen MR) is 141 cm³/mol. The molecule has 1 aromatic heterocycles. The molecule has 0 bridgehead atoms. The maximum Gasteiger partial charge on any atom is 0.263 e. The number of thiazole rings is 1. The van der Waals surface area contributed by atoms with Gasteiger partial charge in [-0.3, -0.25) is 14.5 Å². The highest BCUT2D eigenvalue weighted by Gasteiger charge is 2.33. The van der Waals surface area contributed by atoms with E-state index in [0.29, 0.717) is 60.3 Å². The van der Waals surface area contributed by atoms with Gasteiger partial charge < -0.3 is 15.4 Å². The highest BCUT2D eigenvalue weighted by molar-refractivity contribution is 7.17. The molecule has 2 aromatic rings. The van der Waals surface area contributed by atoms with E-state index in [1.807, 2.05) is 30.3 Å². The van der Waals surface area contributed by atoms with Gasteiger partial charge in [0.1, 0.15) is 4.88 Å². The van der Waals surface area contributed by atoms with Gasteiger partial charge in [0.25, 0.3) is 5.91 Å². The monoisotopic (exact) mass is 496 g/mol. The van der Waals surface area contributed by atoms with Gasteiger partial charge in [-0.2, -0.15) is 0 Å². The fourth-order valence-corrected chi connectivity index (χ4v) is 5.48. The fraction of sp³-hybridized carbons (Fsp3) is 0.444. The van der Waals surface area contributed by atoms with Crippen molar-refractivity contribution in [2.45, 2.75) is 38.8 Å². The molecule has 2 unspecified atom stereocenters. The van der Waals surface area contributed by atoms with Crippen LogP contribution in [0.3, 0.4) is 0 Å². The molecule has 188 valence electrons. The number of carbonyl (C=O) groups excluding carboxylic acids is 2. The molecule has 8 heteroatoms. The number of amides is 2. The molecule has 1 aromatic carbocycles. The second-order valence-electron chi connectivity index (χ2n) is 9.42. The zero-order valence-electron chi connectivity index (χ0n) is 19.9. The minimum absolute atomic E-state index is 0. The molecular weight excluding hydrogens is 460 g/mol. The van der Waals surface area contributed by atoms with E-state index in [-0.39, 0.29) is 14.7 Å². The van der Waals surface area contributed by atoms with Gasteiger partial charge in [-0.15, -0.1) is 0 Å². The lowest BCUT2D eigenvalue weighted by atomic mass is 10.1. The van der Waals surface area contributed by atoms with Crippen molar-refractivity contribution in [3.05, 3.63) is 70.3 Å². The standard InChI is InChI=1S/C27H32N4O3S.2H2/c32-24(10-9-19-7-4-8-21-16-22(21)15-19)30-27-29-23(18-31-11-13-34-14-12-31)25(35-27)26(33)28-17-20-5-2-1-3-6-20;;/h1-6,8,15,21-22H,7,9-14,16-18H2,(H,28,33)(H,29,30,32);2*1H. The average molecular weight is 497 g/mol. The van der Waals surface area contributed by atoms with Crippen molar-refractivity contribution in [3.8, 4) is 0 Å². The number of aromatic nitrogens is 1. The topological polar surface area (TPSA) is 83.6 Å². The van der Waals surface area contributed by atoms with Crippen LogP contribution in [-0.4, -0.2) is 48.0 Å². The molecule has 2 aliphatic carbocycles. The summed E-state index contributed by atoms with van der Waals surface area (Å²) in [5, 5.41) is 6.44. The van der Waals surface area contributed by atoms with Crippen LogP contribution in [0.2, 0.25) is 0 Å². The van der Waals surface area contributed by atoms with E-state index in [0.717, 1.165) is 31.5 Å². The molecule has 1 saturated heterocycles. The van der Waals surface area contributed by atoms with Gasteiger partial charge in [0.15, 0.2) is 5.13 Å². The minimum Gasteiger partial charge on any atom is -0.379 e. The first-order valence-corrected chi connectivity index (χ1v) is 13.2. The summed E-state index contributed by atoms with van der Waals surface area (Å²) in [5.41, 5.74) is 3.08. The number of anilines is 1. The third kappa shape index (κ3) is 6.66. The molecule has 2 amide bonds. The van der Waals surface area contributed by atoms with Crippen molar-refractivity contribution < 1.29 is 17.2 Å². The molecule has 2 N–H and O–H groups in total. The number of nitrogens with zero attached hydrogens (tertiary/aromatic N) is 2. The van der Waals surface area contributed by atoms with Gasteiger partial charge in [0, 0.05) is 35.5 Å². The number of ether oxygens (including phenoxy) is 1. The van der Waals surface area contributed by atoms with Crippen LogP contribution < -0.4 is 10.6 Å². The molecule has 1 saturated carbocycles. The van der Waals surface area contributed by atoms with Crippen LogP contribution in [-0.2, 0) is 22.6 Å². The first-order valence-electron chi connectivity index (χ1n) is 12.4. The number of nitrogens with one attached hydrogen (secondary N) is 2. The van der Waals surface area contributed by atoms with Crippen LogP contribution >= 0.6 is 11.3 Å². The Bertz CT molecular complexity index is 1120. The maximum atomic E-state index is 13.1. The van der Waals surface area contributed by atoms with Crippen LogP contribution in [0.4, 0.5) is 5.13 Å². The number of hydrogen-bond donors (Lipinski definition) is 2. The van der Waals surface area contributed by atoms with E-state index in [1.165, 1.54) is 23.3 Å². The van der Waals surface area contributed by atoms with Crippen LogP contribution in [0.15, 0.2) is 54.1 Å². The zero-order chi connectivity index (χ0) is 24.0. The first-order chi connectivity index (χ1) is 17.1. The van der Waals surface area contributed by atoms with Gasteiger partial charge in [-0.05, 0) is 36.7 Å². The quantitative estimate of drug-likeness (QED) is 0.494. The summed E-state index contributed by atoms with van der Waals surface area (Å²) in [6.45, 7) is 3.96. The second kappa shape index (κ2) is 11.3. The molecule has 35 heavy (non-hydrogen) atoms. The first kappa shape index (κ1) is 23.9. The van der Waals surface area contributed by atoms with Crippen molar-refractivity contribution in [2.75, 3.05) is 31.6 Å². The van der Waals surface area contributed by atoms with Gasteiger partial charge in [-0.1, -0.05) is 65.5 Å². The second-order valence-corrected chi connectivity index (χ2v) is 10.4. The van der Waals surface area contributed by atoms with Crippen LogP contribution in [0.25, 0.3) is 0 Å². The van der Waals surface area contributed by atoms with E-state index >= 15 is 0 Å². The Morgan fingerprint density at radius 3 is 2.83 bits per heavy atom. The third-order valence-electron chi connectivity index (χ3n) is 6.70. The van der Waals surface area contributed by atoms with Gasteiger partial charge >= 0.3 is 0 Å². The molecule has 0 spiro atoms. The van der Waals surface area contributed by atoms with Crippen molar-refractivity contribution in [1.29, 1.82) is 0 Å². The molecule has 0 radical (unpaired) electrons. The Hall–Kier alpha value is -2.81. The Kier molecular flexibility index (Phi) is 7.71. The number of carbonyl (C=O) groups is 2. The Labute approximate surface area is 213 Å². The smallest absolute Gasteiger partial charge is 0.263 e. The van der Waals surface area contributed by atoms with E-state index in [2.05, 4.69) is 38.7 Å². The van der Waals surface area contributed by atoms with Crippen molar-refractivity contribution in [3.63, 3.8) is 0 Å². The molecule has 2 heterocycles. The Morgan fingerprint density at radius 1 is 1.17 bits per heavy atom. The van der Waals surface area contributed by atoms with Crippen LogP contribution in [0.5, 0.6) is 0 Å². The fourth-order valence-electron chi connectivity index (χ4n) is 4.57. The maximum absolute atomic E-state index is 13.1. The van der Waals surface area contributed by atoms with E-state index in [4.69, 9.17) is 4.74 Å². The van der Waals surface area contributed by atoms with Crippen LogP contribution in [0, 0.1) is 11.8 Å². The lowest BCUT2D eigenvalue weighted by Gasteiger charge is -2.26. The summed E-state index contributed by atoms with van der Waals surface area (Å²) in [7, 11) is 0. The van der Waals surface area contributed by atoms with E-state index in [9.17, 15) is 9.59 Å². The molecular formula is C27H36N4O3S. The lowest BCUT2D eigenvalue weighted by molar-refractivity contribution is -0.116. The third-order valence-corrected chi connectivity index (χ3v) is 7.71. The zero-order valence-corrected chi connectivity index (χ0v) is 20.7. The molecule has 2 fully saturated rings. The Morgan fingerprint density at radius 2 is 2.00 bits per heavy atom. The van der Waals surface area contributed by atoms with Crippen molar-refractivity contribution in [1.82, 2.24) is 15.2 Å². The Balaban J connectivity index is 0.00000190. The number of morpholine rings is 1. The highest BCUT2D eigenvalue weighted by Crippen LogP contribution is 2.44. The van der Waals surface area contributed by atoms with Crippen LogP contribution in [0.1, 0.15) is 49.5 Å². The van der Waals surface area contributed by atoms with Crippen molar-refractivity contribution in [2.24, 2.45) is 11.8 Å². The average Bonchev–Trinajstić information content (AvgIpc) is 3.54. The largest absolute Gasteiger partial charge is 0.379 e. The molecule has 2 atom stereocenters. The summed E-state index contributed by atoms with van der Waals surface area (Å²) in [6.07, 6.45) is 10.3. The van der Waals surface area contributed by atoms with Gasteiger partial charge in [-0.25, -0.2) is 4.98 Å². The van der Waals surface area contributed by atoms with Gasteiger partial charge in [0.2, 0.25) is 5.91 Å². The molecule has 1 aliphatic heterocycles. The molecule has 5 rings (SSSR count). The number of rotatable bonds is 9. The number of allylic oxidation sites excluding steroid dienone is 4. The lowest BCUT2D eigenvalue weighted by Crippen LogP contribution is -2.36.